The molecular formula is C15H16N2O2. The molecule has 0 aromatic heterocycles. The molecular weight excluding hydrogens is 240 g/mol. The van der Waals surface area contributed by atoms with Crippen molar-refractivity contribution in [3.8, 4) is 5.75 Å². The molecule has 3 N–H and O–H groups in total. The van der Waals surface area contributed by atoms with Gasteiger partial charge in [-0.2, -0.15) is 0 Å². The maximum Gasteiger partial charge on any atom is 0.244 e. The van der Waals surface area contributed by atoms with Crippen LogP contribution in [0.15, 0.2) is 60.7 Å². The van der Waals surface area contributed by atoms with Crippen molar-refractivity contribution in [1.29, 1.82) is 0 Å². The van der Waals surface area contributed by atoms with Crippen LogP contribution in [0.3, 0.4) is 0 Å². The monoisotopic (exact) mass is 256 g/mol. The van der Waals surface area contributed by atoms with Gasteiger partial charge in [-0.05, 0) is 12.1 Å². The van der Waals surface area contributed by atoms with Crippen molar-refractivity contribution in [3.05, 3.63) is 60.7 Å². The summed E-state index contributed by atoms with van der Waals surface area (Å²) in [6.45, 7) is 0.225. The Morgan fingerprint density at radius 3 is 2.21 bits per heavy atom. The largest absolute Gasteiger partial charge is 0.489 e. The van der Waals surface area contributed by atoms with E-state index in [1.54, 1.807) is 12.1 Å². The number of carbonyl (C=O) groups excluding carboxylic acids is 1. The van der Waals surface area contributed by atoms with Gasteiger partial charge in [0.2, 0.25) is 5.91 Å². The number of amides is 1. The molecule has 19 heavy (non-hydrogen) atoms. The zero-order valence-corrected chi connectivity index (χ0v) is 10.5. The predicted molar refractivity (Wildman–Crippen MR) is 75.0 cm³/mol. The number of fused-ring (bicyclic) bond motifs is 1. The van der Waals surface area contributed by atoms with Crippen LogP contribution in [0.25, 0.3) is 0 Å². The number of anilines is 1. The van der Waals surface area contributed by atoms with E-state index >= 15 is 0 Å². The van der Waals surface area contributed by atoms with Crippen molar-refractivity contribution in [1.82, 2.24) is 0 Å². The smallest absolute Gasteiger partial charge is 0.244 e. The van der Waals surface area contributed by atoms with Crippen molar-refractivity contribution in [2.45, 2.75) is 6.04 Å². The molecule has 0 aliphatic carbocycles. The third-order valence-corrected chi connectivity index (χ3v) is 2.57. The summed E-state index contributed by atoms with van der Waals surface area (Å²) in [5.74, 6) is 0.466. The number of hydrogen-bond acceptors (Lipinski definition) is 3. The van der Waals surface area contributed by atoms with Crippen LogP contribution in [-0.2, 0) is 4.79 Å². The van der Waals surface area contributed by atoms with E-state index in [9.17, 15) is 4.79 Å². The minimum absolute atomic E-state index is 0.204. The Labute approximate surface area is 112 Å². The number of ether oxygens (including phenoxy) is 1. The highest BCUT2D eigenvalue weighted by molar-refractivity contribution is 5.96. The second-order valence-corrected chi connectivity index (χ2v) is 4.06. The Hall–Kier alpha value is -2.33. The first-order valence-electron chi connectivity index (χ1n) is 6.05. The molecule has 3 rings (SSSR count). The van der Waals surface area contributed by atoms with Crippen LogP contribution < -0.4 is 15.8 Å². The lowest BCUT2D eigenvalue weighted by Crippen LogP contribution is -2.38. The molecule has 2 aromatic rings. The van der Waals surface area contributed by atoms with Crippen LogP contribution >= 0.6 is 0 Å². The summed E-state index contributed by atoms with van der Waals surface area (Å²) in [6.07, 6.45) is 0. The maximum absolute atomic E-state index is 11.3. The van der Waals surface area contributed by atoms with E-state index in [1.165, 1.54) is 0 Å². The van der Waals surface area contributed by atoms with Gasteiger partial charge < -0.3 is 15.8 Å². The summed E-state index contributed by atoms with van der Waals surface area (Å²) in [5, 5.41) is 2.68. The summed E-state index contributed by atoms with van der Waals surface area (Å²) < 4.78 is 5.32. The number of nitrogens with one attached hydrogen (secondary N) is 1. The van der Waals surface area contributed by atoms with Crippen molar-refractivity contribution in [3.63, 3.8) is 0 Å². The highest BCUT2D eigenvalue weighted by Gasteiger charge is 2.20. The summed E-state index contributed by atoms with van der Waals surface area (Å²) in [7, 11) is 0. The van der Waals surface area contributed by atoms with Crippen LogP contribution in [0.2, 0.25) is 0 Å². The molecule has 1 heterocycles. The van der Waals surface area contributed by atoms with Gasteiger partial charge in [0.1, 0.15) is 18.4 Å². The van der Waals surface area contributed by atoms with Gasteiger partial charge in [-0.25, -0.2) is 0 Å². The highest BCUT2D eigenvalue weighted by Crippen LogP contribution is 2.25. The second-order valence-electron chi connectivity index (χ2n) is 4.06. The molecule has 1 atom stereocenters. The Morgan fingerprint density at radius 1 is 1.00 bits per heavy atom. The minimum Gasteiger partial charge on any atom is -0.489 e. The number of para-hydroxylation sites is 2. The van der Waals surface area contributed by atoms with Gasteiger partial charge in [0.25, 0.3) is 0 Å². The maximum atomic E-state index is 11.3. The van der Waals surface area contributed by atoms with Gasteiger partial charge >= 0.3 is 0 Å². The molecule has 1 amide bonds. The first-order chi connectivity index (χ1) is 9.27. The van der Waals surface area contributed by atoms with Crippen molar-refractivity contribution in [2.24, 2.45) is 5.73 Å². The SMILES string of the molecule is NC1COc2ccccc2NC1=O.c1ccccc1. The highest BCUT2D eigenvalue weighted by atomic mass is 16.5. The van der Waals surface area contributed by atoms with Crippen molar-refractivity contribution >= 4 is 11.6 Å². The fourth-order valence-corrected chi connectivity index (χ4v) is 1.56. The molecule has 0 saturated carbocycles. The van der Waals surface area contributed by atoms with Gasteiger partial charge in [0, 0.05) is 0 Å². The summed E-state index contributed by atoms with van der Waals surface area (Å²) >= 11 is 0. The minimum atomic E-state index is -0.590. The third kappa shape index (κ3) is 3.82. The molecule has 1 aliphatic heterocycles. The van der Waals surface area contributed by atoms with E-state index in [0.29, 0.717) is 11.4 Å². The lowest BCUT2D eigenvalue weighted by Gasteiger charge is -2.04. The van der Waals surface area contributed by atoms with E-state index in [1.807, 2.05) is 48.5 Å². The zero-order chi connectivity index (χ0) is 13.5. The molecule has 2 aromatic carbocycles. The van der Waals surface area contributed by atoms with Crippen LogP contribution in [0.1, 0.15) is 0 Å². The number of nitrogens with two attached hydrogens (primary N) is 1. The Kier molecular flexibility index (Phi) is 4.53. The topological polar surface area (TPSA) is 64.3 Å². The van der Waals surface area contributed by atoms with E-state index < -0.39 is 6.04 Å². The average Bonchev–Trinajstić information content (AvgIpc) is 2.61. The standard InChI is InChI=1S/C9H10N2O2.C6H6/c10-6-5-13-8-4-2-1-3-7(8)11-9(6)12;1-2-4-6-5-3-1/h1-4,6H,5,10H2,(H,11,12);1-6H. The van der Waals surface area contributed by atoms with Crippen LogP contribution in [0.5, 0.6) is 5.75 Å². The molecule has 1 unspecified atom stereocenters. The summed E-state index contributed by atoms with van der Waals surface area (Å²) in [4.78, 5) is 11.3. The first kappa shape index (κ1) is 13.1. The number of carbonyl (C=O) groups is 1. The van der Waals surface area contributed by atoms with E-state index in [-0.39, 0.29) is 12.5 Å². The van der Waals surface area contributed by atoms with E-state index in [2.05, 4.69) is 5.32 Å². The summed E-state index contributed by atoms with van der Waals surface area (Å²) in [6, 6.07) is 18.7. The normalized spacial score (nSPS) is 16.9. The van der Waals surface area contributed by atoms with Crippen molar-refractivity contribution < 1.29 is 9.53 Å². The predicted octanol–water partition coefficient (Wildman–Crippen LogP) is 2.03. The third-order valence-electron chi connectivity index (χ3n) is 2.57. The molecule has 4 nitrogen and oxygen atoms in total. The lowest BCUT2D eigenvalue weighted by molar-refractivity contribution is -0.117. The molecule has 0 fully saturated rings. The first-order valence-corrected chi connectivity index (χ1v) is 6.05. The Bertz CT molecular complexity index is 502. The molecule has 98 valence electrons. The average molecular weight is 256 g/mol. The number of benzene rings is 2. The second kappa shape index (κ2) is 6.56. The number of hydrogen-bond donors (Lipinski definition) is 2. The molecule has 0 bridgehead atoms. The van der Waals surface area contributed by atoms with Crippen LogP contribution in [0, 0.1) is 0 Å². The molecule has 0 saturated heterocycles. The zero-order valence-electron chi connectivity index (χ0n) is 10.5. The van der Waals surface area contributed by atoms with E-state index in [4.69, 9.17) is 10.5 Å². The fraction of sp³-hybridized carbons (Fsp3) is 0.133. The molecule has 0 radical (unpaired) electrons. The summed E-state index contributed by atoms with van der Waals surface area (Å²) in [5.41, 5.74) is 6.20. The van der Waals surface area contributed by atoms with Crippen molar-refractivity contribution in [2.75, 3.05) is 11.9 Å². The van der Waals surface area contributed by atoms with Crippen LogP contribution in [0.4, 0.5) is 5.69 Å². The van der Waals surface area contributed by atoms with Gasteiger partial charge in [-0.15, -0.1) is 0 Å². The number of rotatable bonds is 0. The quantitative estimate of drug-likeness (QED) is 0.758. The fourth-order valence-electron chi connectivity index (χ4n) is 1.56. The van der Waals surface area contributed by atoms with Crippen LogP contribution in [-0.4, -0.2) is 18.6 Å². The molecule has 1 aliphatic rings. The van der Waals surface area contributed by atoms with E-state index in [0.717, 1.165) is 0 Å². The Morgan fingerprint density at radius 2 is 1.58 bits per heavy atom. The van der Waals surface area contributed by atoms with Gasteiger partial charge in [-0.1, -0.05) is 48.5 Å². The molecule has 4 heteroatoms. The van der Waals surface area contributed by atoms with Gasteiger partial charge in [0.15, 0.2) is 0 Å². The molecule has 0 spiro atoms. The van der Waals surface area contributed by atoms with Gasteiger partial charge in [-0.3, -0.25) is 4.79 Å². The Balaban J connectivity index is 0.000000186. The van der Waals surface area contributed by atoms with Gasteiger partial charge in [0.05, 0.1) is 5.69 Å². The lowest BCUT2D eigenvalue weighted by atomic mass is 10.3.